The quantitative estimate of drug-likeness (QED) is 0.781. The van der Waals surface area contributed by atoms with Gasteiger partial charge in [-0.25, -0.2) is 9.97 Å². The number of aromatic nitrogens is 2. The normalized spacial score (nSPS) is 22.1. The maximum Gasteiger partial charge on any atom is 0.218 e. The van der Waals surface area contributed by atoms with Crippen molar-refractivity contribution in [2.24, 2.45) is 0 Å². The molecule has 2 rings (SSSR count). The van der Waals surface area contributed by atoms with E-state index in [0.717, 1.165) is 25.2 Å². The van der Waals surface area contributed by atoms with Crippen LogP contribution in [0.25, 0.3) is 0 Å². The van der Waals surface area contributed by atoms with Gasteiger partial charge in [0.1, 0.15) is 0 Å². The Morgan fingerprint density at radius 1 is 1.60 bits per heavy atom. The van der Waals surface area contributed by atoms with Crippen LogP contribution in [0.2, 0.25) is 0 Å². The summed E-state index contributed by atoms with van der Waals surface area (Å²) in [5.41, 5.74) is 0.870. The zero-order chi connectivity index (χ0) is 9.97. The van der Waals surface area contributed by atoms with Crippen molar-refractivity contribution in [3.05, 3.63) is 18.0 Å². The third kappa shape index (κ3) is 2.96. The molecule has 0 spiro atoms. The van der Waals surface area contributed by atoms with Crippen molar-refractivity contribution in [1.29, 1.82) is 0 Å². The second-order valence-electron chi connectivity index (χ2n) is 3.39. The van der Waals surface area contributed by atoms with Crippen LogP contribution in [0.4, 0.5) is 0 Å². The largest absolute Gasteiger partial charge is 0.315 e. The maximum atomic E-state index is 11.9. The molecular weight excluding hydrogens is 234 g/mol. The topological polar surface area (TPSA) is 54.9 Å². The van der Waals surface area contributed by atoms with Gasteiger partial charge in [0.2, 0.25) is 5.16 Å². The van der Waals surface area contributed by atoms with Crippen LogP contribution < -0.4 is 5.32 Å². The molecule has 6 heteroatoms. The fourth-order valence-electron chi connectivity index (χ4n) is 1.48. The first-order valence-corrected chi connectivity index (χ1v) is 5.89. The zero-order valence-electron chi connectivity index (χ0n) is 8.47. The number of aryl methyl sites for hydroxylation is 1. The molecule has 1 fully saturated rings. The average Bonchev–Trinajstić information content (AvgIpc) is 2.69. The molecule has 2 atom stereocenters. The van der Waals surface area contributed by atoms with Crippen LogP contribution in [0.5, 0.6) is 0 Å². The minimum absolute atomic E-state index is 0. The van der Waals surface area contributed by atoms with Crippen LogP contribution in [-0.4, -0.2) is 32.5 Å². The highest BCUT2D eigenvalue weighted by molar-refractivity contribution is 7.85. The van der Waals surface area contributed by atoms with Crippen LogP contribution in [0.15, 0.2) is 17.4 Å². The van der Waals surface area contributed by atoms with Gasteiger partial charge in [-0.2, -0.15) is 0 Å². The Bertz CT molecular complexity index is 355. The van der Waals surface area contributed by atoms with E-state index < -0.39 is 10.8 Å². The highest BCUT2D eigenvalue weighted by atomic mass is 35.5. The van der Waals surface area contributed by atoms with Crippen LogP contribution >= 0.6 is 12.4 Å². The molecule has 0 amide bonds. The van der Waals surface area contributed by atoms with E-state index in [1.54, 1.807) is 6.20 Å². The Hall–Kier alpha value is -0.520. The van der Waals surface area contributed by atoms with E-state index in [9.17, 15) is 4.21 Å². The molecule has 1 aromatic heterocycles. The van der Waals surface area contributed by atoms with Gasteiger partial charge in [0.25, 0.3) is 0 Å². The first-order chi connectivity index (χ1) is 6.77. The Morgan fingerprint density at radius 2 is 2.40 bits per heavy atom. The Kier molecular flexibility index (Phi) is 4.63. The highest BCUT2D eigenvalue weighted by Gasteiger charge is 2.23. The third-order valence-corrected chi connectivity index (χ3v) is 3.83. The number of nitrogens with one attached hydrogen (secondary N) is 1. The SMILES string of the molecule is Cc1ccnc(S(=O)[C@H]2CCNC2)n1.Cl. The van der Waals surface area contributed by atoms with Gasteiger partial charge in [-0.1, -0.05) is 0 Å². The standard InChI is InChI=1S/C9H13N3OS.ClH/c1-7-2-5-11-9(12-7)14(13)8-3-4-10-6-8;/h2,5,8,10H,3-4,6H2,1H3;1H/t8-,14?;/m0./s1. The van der Waals surface area contributed by atoms with Crippen LogP contribution in [0, 0.1) is 6.92 Å². The summed E-state index contributed by atoms with van der Waals surface area (Å²) in [5.74, 6) is 0. The van der Waals surface area contributed by atoms with Crippen molar-refractivity contribution in [3.8, 4) is 0 Å². The molecule has 1 aliphatic rings. The van der Waals surface area contributed by atoms with Crippen LogP contribution in [0.3, 0.4) is 0 Å². The van der Waals surface area contributed by atoms with Crippen molar-refractivity contribution in [1.82, 2.24) is 15.3 Å². The summed E-state index contributed by atoms with van der Waals surface area (Å²) in [6.07, 6.45) is 2.61. The summed E-state index contributed by atoms with van der Waals surface area (Å²) in [5, 5.41) is 3.84. The van der Waals surface area contributed by atoms with Crippen LogP contribution in [0.1, 0.15) is 12.1 Å². The summed E-state index contributed by atoms with van der Waals surface area (Å²) < 4.78 is 11.9. The fourth-order valence-corrected chi connectivity index (χ4v) is 2.78. The van der Waals surface area contributed by atoms with E-state index >= 15 is 0 Å². The molecule has 1 unspecified atom stereocenters. The number of hydrogen-bond acceptors (Lipinski definition) is 4. The lowest BCUT2D eigenvalue weighted by Crippen LogP contribution is -2.20. The van der Waals surface area contributed by atoms with Gasteiger partial charge in [-0.3, -0.25) is 4.21 Å². The van der Waals surface area contributed by atoms with Crippen molar-refractivity contribution >= 4 is 23.2 Å². The first-order valence-electron chi connectivity index (χ1n) is 4.68. The molecule has 0 saturated carbocycles. The predicted molar refractivity (Wildman–Crippen MR) is 61.7 cm³/mol. The van der Waals surface area contributed by atoms with E-state index in [0.29, 0.717) is 5.16 Å². The molecule has 0 aliphatic carbocycles. The van der Waals surface area contributed by atoms with Gasteiger partial charge in [0.15, 0.2) is 0 Å². The highest BCUT2D eigenvalue weighted by Crippen LogP contribution is 2.12. The van der Waals surface area contributed by atoms with E-state index in [-0.39, 0.29) is 17.7 Å². The Labute approximate surface area is 97.8 Å². The molecule has 0 radical (unpaired) electrons. The minimum Gasteiger partial charge on any atom is -0.315 e. The summed E-state index contributed by atoms with van der Waals surface area (Å²) in [7, 11) is -1.05. The van der Waals surface area contributed by atoms with E-state index in [1.165, 1.54) is 0 Å². The number of nitrogens with zero attached hydrogens (tertiary/aromatic N) is 2. The zero-order valence-corrected chi connectivity index (χ0v) is 10.1. The van der Waals surface area contributed by atoms with Crippen molar-refractivity contribution in [2.45, 2.75) is 23.8 Å². The maximum absolute atomic E-state index is 11.9. The molecule has 2 heterocycles. The summed E-state index contributed by atoms with van der Waals surface area (Å²) in [6, 6.07) is 1.81. The summed E-state index contributed by atoms with van der Waals surface area (Å²) >= 11 is 0. The molecule has 0 aromatic carbocycles. The van der Waals surface area contributed by atoms with E-state index in [1.807, 2.05) is 13.0 Å². The van der Waals surface area contributed by atoms with Gasteiger partial charge in [0, 0.05) is 18.4 Å². The van der Waals surface area contributed by atoms with Crippen molar-refractivity contribution in [3.63, 3.8) is 0 Å². The first kappa shape index (κ1) is 12.5. The smallest absolute Gasteiger partial charge is 0.218 e. The number of rotatable bonds is 2. The van der Waals surface area contributed by atoms with Crippen molar-refractivity contribution < 1.29 is 4.21 Å². The molecule has 1 aromatic rings. The minimum atomic E-state index is -1.05. The van der Waals surface area contributed by atoms with E-state index in [4.69, 9.17) is 0 Å². The molecule has 15 heavy (non-hydrogen) atoms. The molecule has 4 nitrogen and oxygen atoms in total. The summed E-state index contributed by atoms with van der Waals surface area (Å²) in [4.78, 5) is 8.22. The van der Waals surface area contributed by atoms with E-state index in [2.05, 4.69) is 15.3 Å². The second kappa shape index (κ2) is 5.53. The molecule has 1 aliphatic heterocycles. The van der Waals surface area contributed by atoms with Gasteiger partial charge in [0.05, 0.1) is 16.0 Å². The average molecular weight is 248 g/mol. The monoisotopic (exact) mass is 247 g/mol. The molecule has 0 bridgehead atoms. The number of halogens is 1. The van der Waals surface area contributed by atoms with Gasteiger partial charge in [-0.05, 0) is 26.0 Å². The lowest BCUT2D eigenvalue weighted by atomic mass is 10.4. The summed E-state index contributed by atoms with van der Waals surface area (Å²) in [6.45, 7) is 3.64. The molecular formula is C9H14ClN3OS. The lowest BCUT2D eigenvalue weighted by Gasteiger charge is -2.06. The Morgan fingerprint density at radius 3 is 3.00 bits per heavy atom. The third-order valence-electron chi connectivity index (χ3n) is 2.27. The van der Waals surface area contributed by atoms with Crippen LogP contribution in [-0.2, 0) is 10.8 Å². The molecule has 84 valence electrons. The fraction of sp³-hybridized carbons (Fsp3) is 0.556. The molecule has 1 saturated heterocycles. The van der Waals surface area contributed by atoms with Gasteiger partial charge >= 0.3 is 0 Å². The van der Waals surface area contributed by atoms with Gasteiger partial charge in [-0.15, -0.1) is 12.4 Å². The molecule has 1 N–H and O–H groups in total. The second-order valence-corrected chi connectivity index (χ2v) is 5.02. The Balaban J connectivity index is 0.00000112. The predicted octanol–water partition coefficient (Wildman–Crippen LogP) is 0.676. The lowest BCUT2D eigenvalue weighted by molar-refractivity contribution is 0.663. The van der Waals surface area contributed by atoms with Crippen molar-refractivity contribution in [2.75, 3.05) is 13.1 Å². The number of hydrogen-bond donors (Lipinski definition) is 1. The van der Waals surface area contributed by atoms with Gasteiger partial charge < -0.3 is 5.32 Å².